The predicted octanol–water partition coefficient (Wildman–Crippen LogP) is 1.11. The zero-order chi connectivity index (χ0) is 27.5. The molecule has 2 aromatic rings. The van der Waals surface area contributed by atoms with E-state index in [4.69, 9.17) is 5.73 Å². The van der Waals surface area contributed by atoms with E-state index in [9.17, 15) is 29.4 Å². The van der Waals surface area contributed by atoms with E-state index in [1.807, 2.05) is 13.8 Å². The second kappa shape index (κ2) is 14.0. The molecule has 10 nitrogen and oxygen atoms in total. The Bertz CT molecular complexity index is 1060. The molecule has 2 aromatic carbocycles. The summed E-state index contributed by atoms with van der Waals surface area (Å²) in [6.45, 7) is 5.28. The molecule has 0 heterocycles. The van der Waals surface area contributed by atoms with Crippen molar-refractivity contribution in [2.75, 3.05) is 0 Å². The van der Waals surface area contributed by atoms with Crippen LogP contribution in [-0.4, -0.2) is 58.1 Å². The van der Waals surface area contributed by atoms with Crippen LogP contribution in [0.15, 0.2) is 54.6 Å². The van der Waals surface area contributed by atoms with Gasteiger partial charge < -0.3 is 31.9 Å². The number of carboxylic acids is 1. The van der Waals surface area contributed by atoms with Gasteiger partial charge in [0, 0.05) is 12.8 Å². The van der Waals surface area contributed by atoms with Crippen molar-refractivity contribution in [3.8, 4) is 5.75 Å². The number of hydrogen-bond acceptors (Lipinski definition) is 6. The molecule has 0 aliphatic heterocycles. The maximum atomic E-state index is 13.3. The quantitative estimate of drug-likeness (QED) is 0.233. The lowest BCUT2D eigenvalue weighted by atomic mass is 10.00. The Morgan fingerprint density at radius 1 is 0.730 bits per heavy atom. The maximum absolute atomic E-state index is 13.3. The molecule has 0 saturated carbocycles. The molecular weight excluding hydrogens is 476 g/mol. The van der Waals surface area contributed by atoms with Crippen LogP contribution in [0.3, 0.4) is 0 Å². The summed E-state index contributed by atoms with van der Waals surface area (Å²) in [4.78, 5) is 50.6. The fraction of sp³-hybridized carbons (Fsp3) is 0.407. The first-order chi connectivity index (χ1) is 17.5. The summed E-state index contributed by atoms with van der Waals surface area (Å²) in [5, 5.41) is 27.1. The van der Waals surface area contributed by atoms with Gasteiger partial charge in [-0.2, -0.15) is 0 Å². The van der Waals surface area contributed by atoms with Crippen LogP contribution in [0.2, 0.25) is 0 Å². The summed E-state index contributed by atoms with van der Waals surface area (Å²) in [7, 11) is 0. The predicted molar refractivity (Wildman–Crippen MR) is 138 cm³/mol. The number of hydrogen-bond donors (Lipinski definition) is 6. The van der Waals surface area contributed by atoms with Crippen LogP contribution in [0.4, 0.5) is 0 Å². The van der Waals surface area contributed by atoms with Crippen LogP contribution in [0.5, 0.6) is 5.75 Å². The van der Waals surface area contributed by atoms with Crippen molar-refractivity contribution in [1.82, 2.24) is 16.0 Å². The van der Waals surface area contributed by atoms with Crippen LogP contribution in [0, 0.1) is 5.92 Å². The van der Waals surface area contributed by atoms with Crippen LogP contribution in [-0.2, 0) is 32.0 Å². The summed E-state index contributed by atoms with van der Waals surface area (Å²) in [6, 6.07) is 10.8. The van der Waals surface area contributed by atoms with E-state index in [1.54, 1.807) is 42.5 Å². The molecule has 0 spiro atoms. The molecule has 0 fully saturated rings. The highest BCUT2D eigenvalue weighted by Crippen LogP contribution is 2.13. The number of phenolic OH excluding ortho intramolecular Hbond substituents is 1. The smallest absolute Gasteiger partial charge is 0.326 e. The number of carbonyl (C=O) groups excluding carboxylic acids is 3. The van der Waals surface area contributed by atoms with Gasteiger partial charge in [0.05, 0.1) is 6.04 Å². The first-order valence-corrected chi connectivity index (χ1v) is 12.2. The van der Waals surface area contributed by atoms with Crippen LogP contribution < -0.4 is 21.7 Å². The van der Waals surface area contributed by atoms with Crippen LogP contribution in [0.1, 0.15) is 38.3 Å². The van der Waals surface area contributed by atoms with Gasteiger partial charge in [-0.1, -0.05) is 56.3 Å². The zero-order valence-electron chi connectivity index (χ0n) is 21.3. The van der Waals surface area contributed by atoms with Crippen molar-refractivity contribution < 1.29 is 29.4 Å². The lowest BCUT2D eigenvalue weighted by Gasteiger charge is -2.26. The van der Waals surface area contributed by atoms with Crippen molar-refractivity contribution in [2.45, 2.75) is 64.2 Å². The number of aliphatic carboxylic acids is 1. The molecule has 0 bridgehead atoms. The van der Waals surface area contributed by atoms with Gasteiger partial charge >= 0.3 is 5.97 Å². The Hall–Kier alpha value is -3.92. The number of rotatable bonds is 13. The third-order valence-electron chi connectivity index (χ3n) is 5.66. The number of nitrogens with one attached hydrogen (secondary N) is 3. The van der Waals surface area contributed by atoms with Crippen molar-refractivity contribution in [3.05, 3.63) is 65.7 Å². The number of aromatic hydroxyl groups is 1. The van der Waals surface area contributed by atoms with Crippen LogP contribution in [0.25, 0.3) is 0 Å². The SMILES string of the molecule is CC(C)CC(NC(=O)C(C)N)C(=O)NC(Cc1ccc(O)cc1)C(=O)NC(Cc1ccccc1)C(=O)O. The third-order valence-corrected chi connectivity index (χ3v) is 5.66. The molecule has 0 radical (unpaired) electrons. The van der Waals surface area contributed by atoms with Crippen molar-refractivity contribution >= 4 is 23.7 Å². The topological polar surface area (TPSA) is 171 Å². The summed E-state index contributed by atoms with van der Waals surface area (Å²) >= 11 is 0. The molecule has 0 aromatic heterocycles. The van der Waals surface area contributed by atoms with E-state index in [0.29, 0.717) is 12.0 Å². The average molecular weight is 513 g/mol. The molecule has 4 atom stereocenters. The lowest BCUT2D eigenvalue weighted by Crippen LogP contribution is -2.57. The van der Waals surface area contributed by atoms with E-state index in [2.05, 4.69) is 16.0 Å². The van der Waals surface area contributed by atoms with Gasteiger partial charge in [-0.25, -0.2) is 4.79 Å². The second-order valence-corrected chi connectivity index (χ2v) is 9.50. The molecular formula is C27H36N4O6. The molecule has 0 aliphatic rings. The Kier molecular flexibility index (Phi) is 11.1. The molecule has 4 unspecified atom stereocenters. The number of carbonyl (C=O) groups is 4. The first-order valence-electron chi connectivity index (χ1n) is 12.2. The summed E-state index contributed by atoms with van der Waals surface area (Å²) in [6.07, 6.45) is 0.400. The molecule has 3 amide bonds. The standard InChI is InChI=1S/C27H36N4O6/c1-16(2)13-21(29-24(33)17(3)28)25(34)30-22(14-19-9-11-20(32)12-10-19)26(35)31-23(27(36)37)15-18-7-5-4-6-8-18/h4-12,16-17,21-23,32H,13-15,28H2,1-3H3,(H,29,33)(H,30,34)(H,31,35)(H,36,37). The first kappa shape index (κ1) is 29.3. The van der Waals surface area contributed by atoms with Gasteiger partial charge in [0.2, 0.25) is 17.7 Å². The number of carboxylic acid groups (broad SMARTS) is 1. The summed E-state index contributed by atoms with van der Waals surface area (Å²) in [5.41, 5.74) is 7.00. The molecule has 10 heteroatoms. The fourth-order valence-electron chi connectivity index (χ4n) is 3.68. The van der Waals surface area contributed by atoms with Gasteiger partial charge in [0.15, 0.2) is 0 Å². The molecule has 37 heavy (non-hydrogen) atoms. The zero-order valence-corrected chi connectivity index (χ0v) is 21.3. The highest BCUT2D eigenvalue weighted by Gasteiger charge is 2.30. The van der Waals surface area contributed by atoms with Crippen molar-refractivity contribution in [3.63, 3.8) is 0 Å². The Labute approximate surface area is 216 Å². The molecule has 7 N–H and O–H groups in total. The number of phenols is 1. The largest absolute Gasteiger partial charge is 0.508 e. The van der Waals surface area contributed by atoms with Gasteiger partial charge in [0.25, 0.3) is 0 Å². The van der Waals surface area contributed by atoms with Crippen LogP contribution >= 0.6 is 0 Å². The van der Waals surface area contributed by atoms with E-state index < -0.39 is 47.9 Å². The van der Waals surface area contributed by atoms with Crippen molar-refractivity contribution in [1.29, 1.82) is 0 Å². The average Bonchev–Trinajstić information content (AvgIpc) is 2.84. The minimum absolute atomic E-state index is 0.0329. The molecule has 200 valence electrons. The van der Waals surface area contributed by atoms with E-state index in [1.165, 1.54) is 19.1 Å². The minimum atomic E-state index is -1.22. The third kappa shape index (κ3) is 9.92. The van der Waals surface area contributed by atoms with Gasteiger partial charge in [-0.15, -0.1) is 0 Å². The monoisotopic (exact) mass is 512 g/mol. The normalized spacial score (nSPS) is 14.2. The van der Waals surface area contributed by atoms with E-state index >= 15 is 0 Å². The fourth-order valence-corrected chi connectivity index (χ4v) is 3.68. The van der Waals surface area contributed by atoms with E-state index in [-0.39, 0.29) is 24.5 Å². The minimum Gasteiger partial charge on any atom is -0.508 e. The Balaban J connectivity index is 2.26. The number of amides is 3. The second-order valence-electron chi connectivity index (χ2n) is 9.50. The maximum Gasteiger partial charge on any atom is 0.326 e. The van der Waals surface area contributed by atoms with E-state index in [0.717, 1.165) is 5.56 Å². The Morgan fingerprint density at radius 3 is 1.76 bits per heavy atom. The lowest BCUT2D eigenvalue weighted by molar-refractivity contribution is -0.142. The van der Waals surface area contributed by atoms with Gasteiger partial charge in [-0.05, 0) is 42.5 Å². The molecule has 0 aliphatic carbocycles. The number of benzene rings is 2. The molecule has 0 saturated heterocycles. The summed E-state index contributed by atoms with van der Waals surface area (Å²) in [5.74, 6) is -2.90. The highest BCUT2D eigenvalue weighted by molar-refractivity contribution is 5.94. The highest BCUT2D eigenvalue weighted by atomic mass is 16.4. The van der Waals surface area contributed by atoms with Gasteiger partial charge in [0.1, 0.15) is 23.9 Å². The number of nitrogens with two attached hydrogens (primary N) is 1. The Morgan fingerprint density at radius 2 is 1.22 bits per heavy atom. The summed E-state index contributed by atoms with van der Waals surface area (Å²) < 4.78 is 0. The van der Waals surface area contributed by atoms with Gasteiger partial charge in [-0.3, -0.25) is 14.4 Å². The van der Waals surface area contributed by atoms with Crippen molar-refractivity contribution in [2.24, 2.45) is 11.7 Å². The molecule has 2 rings (SSSR count).